The van der Waals surface area contributed by atoms with E-state index in [1.54, 1.807) is 0 Å². The van der Waals surface area contributed by atoms with Crippen LogP contribution in [0.4, 0.5) is 0 Å². The molecule has 0 saturated carbocycles. The number of rotatable bonds is 1. The van der Waals surface area contributed by atoms with Crippen molar-refractivity contribution in [3.05, 3.63) is 32.7 Å². The molecule has 1 aliphatic rings. The molecule has 1 amide bonds. The van der Waals surface area contributed by atoms with Gasteiger partial charge in [-0.15, -0.1) is 0 Å². The first kappa shape index (κ1) is 14.1. The molecule has 2 nitrogen and oxygen atoms in total. The summed E-state index contributed by atoms with van der Waals surface area (Å²) in [7, 11) is 0. The van der Waals surface area contributed by atoms with Crippen molar-refractivity contribution in [3.63, 3.8) is 0 Å². The molecular formula is C14H17Br2NO. The lowest BCUT2D eigenvalue weighted by molar-refractivity contribution is 0.0510. The molecule has 98 valence electrons. The second-order valence-corrected chi connectivity index (χ2v) is 6.74. The maximum absolute atomic E-state index is 12.7. The van der Waals surface area contributed by atoms with Gasteiger partial charge in [0.25, 0.3) is 5.91 Å². The van der Waals surface area contributed by atoms with Crippen molar-refractivity contribution in [1.29, 1.82) is 0 Å². The number of nitrogens with zero attached hydrogens (tertiary/aromatic N) is 1. The van der Waals surface area contributed by atoms with Crippen molar-refractivity contribution in [2.75, 3.05) is 0 Å². The molecular weight excluding hydrogens is 358 g/mol. The maximum atomic E-state index is 12.7. The minimum Gasteiger partial charge on any atom is -0.333 e. The fraction of sp³-hybridized carbons (Fsp3) is 0.500. The zero-order chi connectivity index (χ0) is 13.3. The SMILES string of the molecule is C[C@@H]1CCC[C@H](C)N1C(=O)c1cc(Br)ccc1Br. The Morgan fingerprint density at radius 3 is 2.44 bits per heavy atom. The molecule has 0 aliphatic carbocycles. The maximum Gasteiger partial charge on any atom is 0.255 e. The first-order valence-electron chi connectivity index (χ1n) is 6.28. The molecule has 1 aromatic carbocycles. The quantitative estimate of drug-likeness (QED) is 0.702. The van der Waals surface area contributed by atoms with Crippen LogP contribution in [0.25, 0.3) is 0 Å². The molecule has 2 rings (SSSR count). The van der Waals surface area contributed by atoms with Gasteiger partial charge in [0.05, 0.1) is 5.56 Å². The molecule has 2 atom stereocenters. The van der Waals surface area contributed by atoms with Gasteiger partial charge < -0.3 is 4.90 Å². The summed E-state index contributed by atoms with van der Waals surface area (Å²) in [4.78, 5) is 14.7. The number of halogens is 2. The third kappa shape index (κ3) is 2.80. The standard InChI is InChI=1S/C14H17Br2NO/c1-9-4-3-5-10(2)17(9)14(18)12-8-11(15)6-7-13(12)16/h6-10H,3-5H2,1-2H3/t9-,10+. The highest BCUT2D eigenvalue weighted by Crippen LogP contribution is 2.28. The Bertz CT molecular complexity index is 451. The van der Waals surface area contributed by atoms with Gasteiger partial charge in [-0.05, 0) is 67.2 Å². The van der Waals surface area contributed by atoms with Crippen molar-refractivity contribution in [1.82, 2.24) is 4.90 Å². The van der Waals surface area contributed by atoms with Crippen LogP contribution in [0, 0.1) is 0 Å². The van der Waals surface area contributed by atoms with Crippen molar-refractivity contribution in [3.8, 4) is 0 Å². The predicted octanol–water partition coefficient (Wildman–Crippen LogP) is 4.61. The summed E-state index contributed by atoms with van der Waals surface area (Å²) >= 11 is 6.90. The van der Waals surface area contributed by atoms with Crippen LogP contribution in [-0.4, -0.2) is 22.9 Å². The van der Waals surface area contributed by atoms with E-state index in [0.29, 0.717) is 12.1 Å². The fourth-order valence-electron chi connectivity index (χ4n) is 2.62. The Kier molecular flexibility index (Phi) is 4.49. The summed E-state index contributed by atoms with van der Waals surface area (Å²) in [5.74, 6) is 0.128. The summed E-state index contributed by atoms with van der Waals surface area (Å²) in [5.41, 5.74) is 0.741. The Morgan fingerprint density at radius 1 is 1.22 bits per heavy atom. The largest absolute Gasteiger partial charge is 0.333 e. The highest BCUT2D eigenvalue weighted by molar-refractivity contribution is 9.11. The van der Waals surface area contributed by atoms with E-state index in [1.165, 1.54) is 6.42 Å². The van der Waals surface area contributed by atoms with Gasteiger partial charge in [0.2, 0.25) is 0 Å². The zero-order valence-electron chi connectivity index (χ0n) is 10.6. The average molecular weight is 375 g/mol. The zero-order valence-corrected chi connectivity index (χ0v) is 13.8. The van der Waals surface area contributed by atoms with E-state index in [9.17, 15) is 4.79 Å². The van der Waals surface area contributed by atoms with E-state index in [1.807, 2.05) is 23.1 Å². The minimum absolute atomic E-state index is 0.128. The lowest BCUT2D eigenvalue weighted by Gasteiger charge is -2.39. The van der Waals surface area contributed by atoms with E-state index >= 15 is 0 Å². The summed E-state index contributed by atoms with van der Waals surface area (Å²) in [6.45, 7) is 4.28. The van der Waals surface area contributed by atoms with Crippen LogP contribution in [-0.2, 0) is 0 Å². The predicted molar refractivity (Wildman–Crippen MR) is 80.8 cm³/mol. The van der Waals surface area contributed by atoms with Gasteiger partial charge in [-0.3, -0.25) is 4.79 Å². The summed E-state index contributed by atoms with van der Waals surface area (Å²) in [6, 6.07) is 6.39. The molecule has 1 fully saturated rings. The second kappa shape index (κ2) is 5.74. The van der Waals surface area contributed by atoms with Crippen LogP contribution in [0.1, 0.15) is 43.5 Å². The normalized spacial score (nSPS) is 24.1. The van der Waals surface area contributed by atoms with Crippen LogP contribution < -0.4 is 0 Å². The number of hydrogen-bond donors (Lipinski definition) is 0. The van der Waals surface area contributed by atoms with Crippen molar-refractivity contribution in [2.45, 2.75) is 45.2 Å². The van der Waals surface area contributed by atoms with Gasteiger partial charge in [-0.25, -0.2) is 0 Å². The van der Waals surface area contributed by atoms with Gasteiger partial charge >= 0.3 is 0 Å². The van der Waals surface area contributed by atoms with Gasteiger partial charge in [-0.2, -0.15) is 0 Å². The van der Waals surface area contributed by atoms with Crippen molar-refractivity contribution < 1.29 is 4.79 Å². The highest BCUT2D eigenvalue weighted by atomic mass is 79.9. The van der Waals surface area contributed by atoms with Crippen LogP contribution in [0.15, 0.2) is 27.1 Å². The summed E-state index contributed by atoms with van der Waals surface area (Å²) in [6.07, 6.45) is 3.41. The molecule has 0 aromatic heterocycles. The highest BCUT2D eigenvalue weighted by Gasteiger charge is 2.30. The Hall–Kier alpha value is -0.350. The van der Waals surface area contributed by atoms with Gasteiger partial charge in [0.15, 0.2) is 0 Å². The van der Waals surface area contributed by atoms with Gasteiger partial charge in [0, 0.05) is 21.0 Å². The van der Waals surface area contributed by atoms with E-state index in [0.717, 1.165) is 27.4 Å². The van der Waals surface area contributed by atoms with Crippen molar-refractivity contribution in [2.24, 2.45) is 0 Å². The number of carbonyl (C=O) groups excluding carboxylic acids is 1. The van der Waals surface area contributed by atoms with Crippen LogP contribution in [0.5, 0.6) is 0 Å². The summed E-state index contributed by atoms with van der Waals surface area (Å²) < 4.78 is 1.80. The fourth-order valence-corrected chi connectivity index (χ4v) is 3.40. The number of benzene rings is 1. The van der Waals surface area contributed by atoms with Crippen LogP contribution in [0.2, 0.25) is 0 Å². The lowest BCUT2D eigenvalue weighted by atomic mass is 9.96. The van der Waals surface area contributed by atoms with E-state index < -0.39 is 0 Å². The minimum atomic E-state index is 0.128. The van der Waals surface area contributed by atoms with E-state index in [2.05, 4.69) is 45.7 Å². The van der Waals surface area contributed by atoms with E-state index in [-0.39, 0.29) is 5.91 Å². The molecule has 4 heteroatoms. The number of hydrogen-bond acceptors (Lipinski definition) is 1. The van der Waals surface area contributed by atoms with Crippen LogP contribution >= 0.6 is 31.9 Å². The third-order valence-corrected chi connectivity index (χ3v) is 4.77. The monoisotopic (exact) mass is 373 g/mol. The molecule has 0 N–H and O–H groups in total. The van der Waals surface area contributed by atoms with Crippen LogP contribution in [0.3, 0.4) is 0 Å². The Labute approximate surface area is 125 Å². The Balaban J connectivity index is 2.32. The molecule has 1 saturated heterocycles. The average Bonchev–Trinajstić information content (AvgIpc) is 2.32. The van der Waals surface area contributed by atoms with Gasteiger partial charge in [0.1, 0.15) is 0 Å². The molecule has 0 radical (unpaired) electrons. The third-order valence-electron chi connectivity index (χ3n) is 3.59. The second-order valence-electron chi connectivity index (χ2n) is 4.97. The summed E-state index contributed by atoms with van der Waals surface area (Å²) in [5, 5.41) is 0. The number of likely N-dealkylation sites (tertiary alicyclic amines) is 1. The Morgan fingerprint density at radius 2 is 1.83 bits per heavy atom. The molecule has 1 heterocycles. The lowest BCUT2D eigenvalue weighted by Crippen LogP contribution is -2.47. The smallest absolute Gasteiger partial charge is 0.255 e. The number of piperidine rings is 1. The first-order chi connectivity index (χ1) is 8.50. The topological polar surface area (TPSA) is 20.3 Å². The molecule has 0 bridgehead atoms. The molecule has 0 spiro atoms. The molecule has 1 aromatic rings. The first-order valence-corrected chi connectivity index (χ1v) is 7.87. The van der Waals surface area contributed by atoms with Gasteiger partial charge in [-0.1, -0.05) is 15.9 Å². The van der Waals surface area contributed by atoms with Crippen molar-refractivity contribution >= 4 is 37.8 Å². The molecule has 18 heavy (non-hydrogen) atoms. The number of carbonyl (C=O) groups is 1. The molecule has 0 unspecified atom stereocenters. The van der Waals surface area contributed by atoms with E-state index in [4.69, 9.17) is 0 Å². The molecule has 1 aliphatic heterocycles. The number of amides is 1.